The van der Waals surface area contributed by atoms with Crippen LogP contribution in [0.2, 0.25) is 5.02 Å². The van der Waals surface area contributed by atoms with Crippen molar-refractivity contribution in [3.05, 3.63) is 23.2 Å². The van der Waals surface area contributed by atoms with Gasteiger partial charge in [0.05, 0.1) is 17.3 Å². The first-order chi connectivity index (χ1) is 9.31. The van der Waals surface area contributed by atoms with E-state index in [1.54, 1.807) is 39.0 Å². The maximum atomic E-state index is 11.7. The average Bonchev–Trinajstić information content (AvgIpc) is 2.31. The maximum absolute atomic E-state index is 11.7. The van der Waals surface area contributed by atoms with Crippen LogP contribution in [0.1, 0.15) is 27.2 Å². The lowest BCUT2D eigenvalue weighted by molar-refractivity contribution is 0.0636. The summed E-state index contributed by atoms with van der Waals surface area (Å²) in [7, 11) is 0. The molecule has 0 fully saturated rings. The summed E-state index contributed by atoms with van der Waals surface area (Å²) in [6.45, 7) is 6.46. The Labute approximate surface area is 124 Å². The van der Waals surface area contributed by atoms with Crippen molar-refractivity contribution < 1.29 is 14.3 Å². The lowest BCUT2D eigenvalue weighted by Gasteiger charge is -2.20. The van der Waals surface area contributed by atoms with Crippen molar-refractivity contribution in [2.75, 3.05) is 18.5 Å². The van der Waals surface area contributed by atoms with E-state index in [0.717, 1.165) is 6.42 Å². The van der Waals surface area contributed by atoms with Crippen molar-refractivity contribution in [3.63, 3.8) is 0 Å². The minimum absolute atomic E-state index is 0.419. The molecule has 112 valence electrons. The van der Waals surface area contributed by atoms with Gasteiger partial charge in [0, 0.05) is 6.07 Å². The molecule has 1 aromatic carbocycles. The molecule has 0 atom stereocenters. The molecule has 0 saturated carbocycles. The van der Waals surface area contributed by atoms with Gasteiger partial charge in [-0.3, -0.25) is 5.32 Å². The number of rotatable bonds is 5. The van der Waals surface area contributed by atoms with Crippen LogP contribution in [0.4, 0.5) is 10.5 Å². The van der Waals surface area contributed by atoms with Gasteiger partial charge in [-0.2, -0.15) is 0 Å². The lowest BCUT2D eigenvalue weighted by Crippen LogP contribution is -2.27. The SMILES string of the molecule is CC(C)(C)OC(=O)Nc1cc(OCCCN)ccc1Cl. The molecule has 0 unspecified atom stereocenters. The molecule has 0 heterocycles. The van der Waals surface area contributed by atoms with Crippen LogP contribution in [0.15, 0.2) is 18.2 Å². The van der Waals surface area contributed by atoms with Gasteiger partial charge in [-0.25, -0.2) is 4.79 Å². The smallest absolute Gasteiger partial charge is 0.412 e. The number of nitrogens with one attached hydrogen (secondary N) is 1. The van der Waals surface area contributed by atoms with Crippen molar-refractivity contribution >= 4 is 23.4 Å². The Morgan fingerprint density at radius 2 is 2.10 bits per heavy atom. The average molecular weight is 301 g/mol. The van der Waals surface area contributed by atoms with E-state index in [-0.39, 0.29) is 0 Å². The Hall–Kier alpha value is -1.46. The molecule has 20 heavy (non-hydrogen) atoms. The summed E-state index contributed by atoms with van der Waals surface area (Å²) in [5.74, 6) is 0.619. The number of hydrogen-bond acceptors (Lipinski definition) is 4. The van der Waals surface area contributed by atoms with E-state index in [0.29, 0.717) is 29.6 Å². The summed E-state index contributed by atoms with van der Waals surface area (Å²) < 4.78 is 10.7. The zero-order chi connectivity index (χ0) is 15.2. The summed E-state index contributed by atoms with van der Waals surface area (Å²) >= 11 is 6.03. The molecule has 1 aromatic rings. The van der Waals surface area contributed by atoms with E-state index < -0.39 is 11.7 Å². The number of carbonyl (C=O) groups is 1. The molecule has 3 N–H and O–H groups in total. The molecule has 0 aliphatic rings. The van der Waals surface area contributed by atoms with Crippen molar-refractivity contribution in [3.8, 4) is 5.75 Å². The van der Waals surface area contributed by atoms with E-state index >= 15 is 0 Å². The number of nitrogens with two attached hydrogens (primary N) is 1. The molecule has 0 spiro atoms. The first kappa shape index (κ1) is 16.6. The number of benzene rings is 1. The highest BCUT2D eigenvalue weighted by atomic mass is 35.5. The number of ether oxygens (including phenoxy) is 2. The molecule has 5 nitrogen and oxygen atoms in total. The van der Waals surface area contributed by atoms with Gasteiger partial charge in [-0.05, 0) is 45.9 Å². The minimum atomic E-state index is -0.564. The molecule has 0 radical (unpaired) electrons. The van der Waals surface area contributed by atoms with Crippen LogP contribution in [0.3, 0.4) is 0 Å². The number of carbonyl (C=O) groups excluding carboxylic acids is 1. The normalized spacial score (nSPS) is 11.1. The van der Waals surface area contributed by atoms with Gasteiger partial charge in [0.1, 0.15) is 11.4 Å². The Morgan fingerprint density at radius 1 is 1.40 bits per heavy atom. The van der Waals surface area contributed by atoms with Gasteiger partial charge >= 0.3 is 6.09 Å². The van der Waals surface area contributed by atoms with Gasteiger partial charge in [0.25, 0.3) is 0 Å². The largest absolute Gasteiger partial charge is 0.493 e. The number of halogens is 1. The Bertz CT molecular complexity index is 458. The van der Waals surface area contributed by atoms with Gasteiger partial charge in [0.2, 0.25) is 0 Å². The van der Waals surface area contributed by atoms with Crippen LogP contribution in [0, 0.1) is 0 Å². The second-order valence-electron chi connectivity index (χ2n) is 5.26. The second-order valence-corrected chi connectivity index (χ2v) is 5.67. The summed E-state index contributed by atoms with van der Waals surface area (Å²) in [4.78, 5) is 11.7. The van der Waals surface area contributed by atoms with Crippen molar-refractivity contribution in [2.24, 2.45) is 5.73 Å². The number of hydrogen-bond donors (Lipinski definition) is 2. The van der Waals surface area contributed by atoms with Gasteiger partial charge in [-0.1, -0.05) is 11.6 Å². The van der Waals surface area contributed by atoms with Crippen LogP contribution in [0.5, 0.6) is 5.75 Å². The molecule has 0 aliphatic carbocycles. The highest BCUT2D eigenvalue weighted by molar-refractivity contribution is 6.33. The van der Waals surface area contributed by atoms with Gasteiger partial charge < -0.3 is 15.2 Å². The standard InChI is InChI=1S/C14H21ClN2O3/c1-14(2,3)20-13(18)17-12-9-10(5-6-11(12)15)19-8-4-7-16/h5-6,9H,4,7-8,16H2,1-3H3,(H,17,18). The van der Waals surface area contributed by atoms with Crippen LogP contribution in [-0.2, 0) is 4.74 Å². The van der Waals surface area contributed by atoms with E-state index in [1.807, 2.05) is 0 Å². The van der Waals surface area contributed by atoms with Crippen LogP contribution < -0.4 is 15.8 Å². The Balaban J connectivity index is 2.68. The Morgan fingerprint density at radius 3 is 2.70 bits per heavy atom. The van der Waals surface area contributed by atoms with Crippen LogP contribution in [-0.4, -0.2) is 24.8 Å². The van der Waals surface area contributed by atoms with Gasteiger partial charge in [-0.15, -0.1) is 0 Å². The first-order valence-electron chi connectivity index (χ1n) is 6.44. The molecular formula is C14H21ClN2O3. The van der Waals surface area contributed by atoms with E-state index in [2.05, 4.69) is 5.32 Å². The molecular weight excluding hydrogens is 280 g/mol. The van der Waals surface area contributed by atoms with Crippen molar-refractivity contribution in [2.45, 2.75) is 32.8 Å². The predicted octanol–water partition coefficient (Wildman–Crippen LogP) is 3.41. The summed E-state index contributed by atoms with van der Waals surface area (Å²) in [5, 5.41) is 3.02. The zero-order valence-corrected chi connectivity index (χ0v) is 12.8. The predicted molar refractivity (Wildman–Crippen MR) is 80.5 cm³/mol. The minimum Gasteiger partial charge on any atom is -0.493 e. The second kappa shape index (κ2) is 7.36. The Kier molecular flexibility index (Phi) is 6.10. The van der Waals surface area contributed by atoms with E-state index in [4.69, 9.17) is 26.8 Å². The third-order valence-electron chi connectivity index (χ3n) is 2.19. The lowest BCUT2D eigenvalue weighted by atomic mass is 10.2. The summed E-state index contributed by atoms with van der Waals surface area (Å²) in [6, 6.07) is 5.05. The highest BCUT2D eigenvalue weighted by Gasteiger charge is 2.17. The van der Waals surface area contributed by atoms with Crippen molar-refractivity contribution in [1.29, 1.82) is 0 Å². The van der Waals surface area contributed by atoms with E-state index in [9.17, 15) is 4.79 Å². The molecule has 0 saturated heterocycles. The van der Waals surface area contributed by atoms with Gasteiger partial charge in [0.15, 0.2) is 0 Å². The van der Waals surface area contributed by atoms with Crippen LogP contribution in [0.25, 0.3) is 0 Å². The number of amides is 1. The van der Waals surface area contributed by atoms with E-state index in [1.165, 1.54) is 0 Å². The third-order valence-corrected chi connectivity index (χ3v) is 2.52. The fourth-order valence-corrected chi connectivity index (χ4v) is 1.54. The molecule has 0 aliphatic heterocycles. The van der Waals surface area contributed by atoms with Crippen LogP contribution >= 0.6 is 11.6 Å². The fraction of sp³-hybridized carbons (Fsp3) is 0.500. The maximum Gasteiger partial charge on any atom is 0.412 e. The molecule has 0 bridgehead atoms. The number of anilines is 1. The highest BCUT2D eigenvalue weighted by Crippen LogP contribution is 2.27. The first-order valence-corrected chi connectivity index (χ1v) is 6.82. The third kappa shape index (κ3) is 6.12. The molecule has 6 heteroatoms. The molecule has 0 aromatic heterocycles. The quantitative estimate of drug-likeness (QED) is 0.817. The topological polar surface area (TPSA) is 73.6 Å². The monoisotopic (exact) mass is 300 g/mol. The van der Waals surface area contributed by atoms with Crippen molar-refractivity contribution in [1.82, 2.24) is 0 Å². The summed E-state index contributed by atoms with van der Waals surface area (Å²) in [6.07, 6.45) is 0.204. The zero-order valence-electron chi connectivity index (χ0n) is 12.0. The summed E-state index contributed by atoms with van der Waals surface area (Å²) in [5.41, 5.74) is 5.28. The molecule has 1 amide bonds. The molecule has 1 rings (SSSR count). The fourth-order valence-electron chi connectivity index (χ4n) is 1.38.